The predicted molar refractivity (Wildman–Crippen MR) is 76.3 cm³/mol. The van der Waals surface area contributed by atoms with E-state index in [4.69, 9.17) is 0 Å². The molecule has 1 aromatic heterocycles. The summed E-state index contributed by atoms with van der Waals surface area (Å²) in [7, 11) is 0. The third kappa shape index (κ3) is 2.62. The van der Waals surface area contributed by atoms with E-state index in [1.165, 1.54) is 11.8 Å². The van der Waals surface area contributed by atoms with Crippen LogP contribution in [0.5, 0.6) is 0 Å². The summed E-state index contributed by atoms with van der Waals surface area (Å²) >= 11 is 1.46. The lowest BCUT2D eigenvalue weighted by atomic mass is 10.4. The van der Waals surface area contributed by atoms with Gasteiger partial charge in [-0.3, -0.25) is 9.98 Å². The van der Waals surface area contributed by atoms with Gasteiger partial charge in [-0.15, -0.1) is 5.73 Å². The topological polar surface area (TPSA) is 50.0 Å². The number of allylic oxidation sites excluding steroid dienone is 1. The van der Waals surface area contributed by atoms with Gasteiger partial charge in [0.25, 0.3) is 0 Å². The molecular weight excluding hydrogens is 256 g/mol. The summed E-state index contributed by atoms with van der Waals surface area (Å²) in [6.07, 6.45) is 7.07. The number of hydrogen-bond donors (Lipinski definition) is 0. The van der Waals surface area contributed by atoms with Gasteiger partial charge in [-0.05, 0) is 24.3 Å². The molecule has 2 aliphatic heterocycles. The largest absolute Gasteiger partial charge is 0.275 e. The molecule has 0 radical (unpaired) electrons. The third-order valence-corrected chi connectivity index (χ3v) is 3.42. The maximum atomic E-state index is 4.52. The Balaban J connectivity index is 2.18. The SMILES string of the molecule is C=C1N=c2ncccc2=NCC2=C(C=C=CC=N2)S1. The summed E-state index contributed by atoms with van der Waals surface area (Å²) in [6.45, 7) is 4.44. The van der Waals surface area contributed by atoms with Gasteiger partial charge < -0.3 is 0 Å². The maximum absolute atomic E-state index is 4.52. The fourth-order valence-electron chi connectivity index (χ4n) is 1.67. The standard InChI is InChI=1S/C14H10N4S/c1-10-18-14-11(5-4-8-16-14)17-9-12-13(19-10)6-2-3-7-15-12/h3-8H,1,9H2. The van der Waals surface area contributed by atoms with Crippen LogP contribution < -0.4 is 10.8 Å². The molecule has 0 saturated heterocycles. The van der Waals surface area contributed by atoms with Gasteiger partial charge in [0.2, 0.25) is 0 Å². The highest BCUT2D eigenvalue weighted by Gasteiger charge is 2.08. The molecule has 0 atom stereocenters. The molecule has 0 aliphatic carbocycles. The highest BCUT2D eigenvalue weighted by atomic mass is 32.2. The van der Waals surface area contributed by atoms with E-state index in [-0.39, 0.29) is 0 Å². The van der Waals surface area contributed by atoms with E-state index in [1.54, 1.807) is 18.5 Å². The molecule has 0 saturated carbocycles. The molecule has 4 nitrogen and oxygen atoms in total. The van der Waals surface area contributed by atoms with E-state index in [0.717, 1.165) is 16.0 Å². The van der Waals surface area contributed by atoms with Crippen LogP contribution in [-0.4, -0.2) is 17.7 Å². The van der Waals surface area contributed by atoms with Crippen molar-refractivity contribution in [3.05, 3.63) is 69.3 Å². The molecule has 3 rings (SSSR count). The number of nitrogens with zero attached hydrogens (tertiary/aromatic N) is 4. The van der Waals surface area contributed by atoms with Gasteiger partial charge in [0, 0.05) is 17.3 Å². The molecule has 0 spiro atoms. The van der Waals surface area contributed by atoms with Gasteiger partial charge >= 0.3 is 0 Å². The Morgan fingerprint density at radius 1 is 1.37 bits per heavy atom. The summed E-state index contributed by atoms with van der Waals surface area (Å²) in [5.74, 6) is 0. The zero-order chi connectivity index (χ0) is 13.1. The van der Waals surface area contributed by atoms with Crippen LogP contribution in [0.2, 0.25) is 0 Å². The average Bonchev–Trinajstić information content (AvgIpc) is 2.59. The fraction of sp³-hybridized carbons (Fsp3) is 0.0714. The first-order valence-corrected chi connectivity index (χ1v) is 6.54. The van der Waals surface area contributed by atoms with E-state index in [0.29, 0.717) is 17.1 Å². The van der Waals surface area contributed by atoms with Crippen molar-refractivity contribution >= 4 is 18.0 Å². The lowest BCUT2D eigenvalue weighted by Gasteiger charge is -2.03. The molecular formula is C14H10N4S. The molecule has 0 amide bonds. The molecule has 3 heterocycles. The molecule has 5 heteroatoms. The number of thioether (sulfide) groups is 1. The molecule has 19 heavy (non-hydrogen) atoms. The van der Waals surface area contributed by atoms with Crippen molar-refractivity contribution in [3.8, 4) is 0 Å². The Hall–Kier alpha value is -2.23. The van der Waals surface area contributed by atoms with Crippen molar-refractivity contribution in [2.24, 2.45) is 15.0 Å². The van der Waals surface area contributed by atoms with Crippen LogP contribution in [0.1, 0.15) is 0 Å². The molecule has 0 aromatic carbocycles. The van der Waals surface area contributed by atoms with Crippen molar-refractivity contribution in [3.63, 3.8) is 0 Å². The Kier molecular flexibility index (Phi) is 3.23. The zero-order valence-electron chi connectivity index (χ0n) is 10.1. The Labute approximate surface area is 114 Å². The molecule has 0 fully saturated rings. The van der Waals surface area contributed by atoms with Crippen molar-refractivity contribution in [2.75, 3.05) is 6.54 Å². The maximum Gasteiger partial charge on any atom is 0.178 e. The Morgan fingerprint density at radius 3 is 3.26 bits per heavy atom. The van der Waals surface area contributed by atoms with E-state index in [1.807, 2.05) is 18.2 Å². The fourth-order valence-corrected chi connectivity index (χ4v) is 2.42. The van der Waals surface area contributed by atoms with E-state index in [9.17, 15) is 0 Å². The smallest absolute Gasteiger partial charge is 0.178 e. The number of rotatable bonds is 0. The molecule has 2 aliphatic rings. The average molecular weight is 266 g/mol. The highest BCUT2D eigenvalue weighted by molar-refractivity contribution is 8.06. The van der Waals surface area contributed by atoms with Crippen molar-refractivity contribution in [1.29, 1.82) is 0 Å². The summed E-state index contributed by atoms with van der Waals surface area (Å²) in [5.41, 5.74) is 4.53. The normalized spacial score (nSPS) is 17.4. The lowest BCUT2D eigenvalue weighted by molar-refractivity contribution is 0.998. The summed E-state index contributed by atoms with van der Waals surface area (Å²) in [4.78, 5) is 18.5. The first kappa shape index (κ1) is 11.8. The van der Waals surface area contributed by atoms with Gasteiger partial charge in [0.1, 0.15) is 5.36 Å². The van der Waals surface area contributed by atoms with Crippen LogP contribution in [0, 0.1) is 0 Å². The summed E-state index contributed by atoms with van der Waals surface area (Å²) < 4.78 is 0. The molecule has 0 unspecified atom stereocenters. The van der Waals surface area contributed by atoms with Crippen LogP contribution in [0.3, 0.4) is 0 Å². The predicted octanol–water partition coefficient (Wildman–Crippen LogP) is 1.55. The van der Waals surface area contributed by atoms with Crippen molar-refractivity contribution in [1.82, 2.24) is 4.98 Å². The van der Waals surface area contributed by atoms with Gasteiger partial charge in [0.15, 0.2) is 5.49 Å². The molecule has 0 bridgehead atoms. The zero-order valence-corrected chi connectivity index (χ0v) is 10.9. The number of hydrogen-bond acceptors (Lipinski definition) is 5. The quantitative estimate of drug-likeness (QED) is 0.669. The van der Waals surface area contributed by atoms with Crippen molar-refractivity contribution in [2.45, 2.75) is 0 Å². The molecule has 92 valence electrons. The second-order valence-electron chi connectivity index (χ2n) is 3.84. The monoisotopic (exact) mass is 266 g/mol. The molecule has 1 aromatic rings. The Bertz CT molecular complexity index is 780. The van der Waals surface area contributed by atoms with Gasteiger partial charge in [-0.1, -0.05) is 18.3 Å². The Morgan fingerprint density at radius 2 is 2.32 bits per heavy atom. The number of pyridine rings is 1. The van der Waals surface area contributed by atoms with Gasteiger partial charge in [0.05, 0.1) is 17.3 Å². The van der Waals surface area contributed by atoms with Gasteiger partial charge in [-0.2, -0.15) is 0 Å². The number of aromatic nitrogens is 1. The first-order chi connectivity index (χ1) is 9.33. The minimum atomic E-state index is 0.492. The van der Waals surface area contributed by atoms with Crippen LogP contribution in [0.15, 0.2) is 73.4 Å². The van der Waals surface area contributed by atoms with Crippen LogP contribution in [0.25, 0.3) is 0 Å². The van der Waals surface area contributed by atoms with Crippen molar-refractivity contribution < 1.29 is 0 Å². The van der Waals surface area contributed by atoms with E-state index < -0.39 is 0 Å². The van der Waals surface area contributed by atoms with Gasteiger partial charge in [-0.25, -0.2) is 9.98 Å². The number of aliphatic imine (C=N–C) groups is 1. The molecule has 0 N–H and O–H groups in total. The minimum Gasteiger partial charge on any atom is -0.275 e. The van der Waals surface area contributed by atoms with E-state index >= 15 is 0 Å². The highest BCUT2D eigenvalue weighted by Crippen LogP contribution is 2.29. The minimum absolute atomic E-state index is 0.492. The second-order valence-corrected chi connectivity index (χ2v) is 4.95. The number of fused-ring (bicyclic) bond motifs is 1. The summed E-state index contributed by atoms with van der Waals surface area (Å²) in [5, 5.41) is 1.43. The van der Waals surface area contributed by atoms with E-state index in [2.05, 4.69) is 32.3 Å². The third-order valence-electron chi connectivity index (χ3n) is 2.52. The lowest BCUT2D eigenvalue weighted by Crippen LogP contribution is -2.28. The van der Waals surface area contributed by atoms with Crippen LogP contribution in [0.4, 0.5) is 0 Å². The van der Waals surface area contributed by atoms with Crippen LogP contribution in [-0.2, 0) is 0 Å². The first-order valence-electron chi connectivity index (χ1n) is 5.72. The second kappa shape index (κ2) is 5.18. The van der Waals surface area contributed by atoms with Crippen LogP contribution >= 0.6 is 11.8 Å². The summed E-state index contributed by atoms with van der Waals surface area (Å²) in [6, 6.07) is 3.74.